The van der Waals surface area contributed by atoms with Crippen LogP contribution in [-0.2, 0) is 14.3 Å². The number of rotatable bonds is 6. The first-order valence-corrected chi connectivity index (χ1v) is 7.03. The molecule has 0 saturated carbocycles. The molecule has 4 heteroatoms. The molecule has 0 aromatic rings. The highest BCUT2D eigenvalue weighted by Gasteiger charge is 2.50. The van der Waals surface area contributed by atoms with E-state index in [1.807, 2.05) is 6.08 Å². The molecule has 1 rings (SSSR count). The van der Waals surface area contributed by atoms with Gasteiger partial charge in [0.25, 0.3) is 0 Å². The molecule has 1 fully saturated rings. The van der Waals surface area contributed by atoms with Crippen molar-refractivity contribution in [3.8, 4) is 0 Å². The normalized spacial score (nSPS) is 29.0. The average Bonchev–Trinajstić information content (AvgIpc) is 2.87. The summed E-state index contributed by atoms with van der Waals surface area (Å²) in [5, 5.41) is 0. The minimum absolute atomic E-state index is 0.108. The fourth-order valence-corrected chi connectivity index (χ4v) is 2.21. The van der Waals surface area contributed by atoms with Crippen molar-refractivity contribution in [1.82, 2.24) is 0 Å². The minimum atomic E-state index is -0.230. The standard InChI is InChI=1S/C12H19IO3/c1-9(6-7-15-10(2)14)4-5-11-12(3,8-13)16-11/h6,11H,4-5,7-8H2,1-3H3/b9-6+/t11-,12-/m1/s1. The zero-order chi connectivity index (χ0) is 12.2. The van der Waals surface area contributed by atoms with Crippen LogP contribution in [0, 0.1) is 0 Å². The second kappa shape index (κ2) is 6.00. The number of esters is 1. The van der Waals surface area contributed by atoms with Gasteiger partial charge in [0.15, 0.2) is 0 Å². The molecule has 1 aliphatic rings. The van der Waals surface area contributed by atoms with Crippen LogP contribution in [0.15, 0.2) is 11.6 Å². The summed E-state index contributed by atoms with van der Waals surface area (Å²) in [5.74, 6) is -0.230. The minimum Gasteiger partial charge on any atom is -0.462 e. The number of carbonyl (C=O) groups excluding carboxylic acids is 1. The summed E-state index contributed by atoms with van der Waals surface area (Å²) < 4.78 is 11.5. The molecular weight excluding hydrogens is 319 g/mol. The summed E-state index contributed by atoms with van der Waals surface area (Å²) in [7, 11) is 0. The van der Waals surface area contributed by atoms with E-state index in [-0.39, 0.29) is 11.6 Å². The summed E-state index contributed by atoms with van der Waals surface area (Å²) >= 11 is 2.36. The van der Waals surface area contributed by atoms with Crippen molar-refractivity contribution in [1.29, 1.82) is 0 Å². The average molecular weight is 338 g/mol. The highest BCUT2D eigenvalue weighted by atomic mass is 127. The third-order valence-electron chi connectivity index (χ3n) is 2.82. The van der Waals surface area contributed by atoms with Gasteiger partial charge in [-0.3, -0.25) is 4.79 Å². The lowest BCUT2D eigenvalue weighted by molar-refractivity contribution is -0.139. The molecule has 2 atom stereocenters. The Morgan fingerprint density at radius 2 is 2.25 bits per heavy atom. The van der Waals surface area contributed by atoms with Gasteiger partial charge in [-0.1, -0.05) is 28.2 Å². The molecule has 0 aromatic carbocycles. The maximum atomic E-state index is 10.6. The molecule has 0 unspecified atom stereocenters. The molecule has 0 N–H and O–H groups in total. The Morgan fingerprint density at radius 3 is 2.75 bits per heavy atom. The number of hydrogen-bond acceptors (Lipinski definition) is 3. The molecule has 0 amide bonds. The molecule has 1 saturated heterocycles. The Morgan fingerprint density at radius 1 is 1.56 bits per heavy atom. The molecule has 0 spiro atoms. The Balaban J connectivity index is 2.16. The SMILES string of the molecule is CC(=O)OC/C=C(\C)CC[C@H]1O[C@]1(C)CI. The summed E-state index contributed by atoms with van der Waals surface area (Å²) in [6.07, 6.45) is 4.44. The second-order valence-electron chi connectivity index (χ2n) is 4.44. The van der Waals surface area contributed by atoms with Crippen molar-refractivity contribution in [2.75, 3.05) is 11.0 Å². The van der Waals surface area contributed by atoms with Gasteiger partial charge >= 0.3 is 5.97 Å². The Bertz CT molecular complexity index is 288. The zero-order valence-corrected chi connectivity index (χ0v) is 12.2. The van der Waals surface area contributed by atoms with E-state index < -0.39 is 0 Å². The van der Waals surface area contributed by atoms with E-state index in [4.69, 9.17) is 9.47 Å². The van der Waals surface area contributed by atoms with E-state index in [0.29, 0.717) is 12.7 Å². The van der Waals surface area contributed by atoms with Crippen LogP contribution < -0.4 is 0 Å². The monoisotopic (exact) mass is 338 g/mol. The molecule has 0 radical (unpaired) electrons. The molecule has 16 heavy (non-hydrogen) atoms. The Labute approximate surface area is 111 Å². The van der Waals surface area contributed by atoms with Crippen LogP contribution in [0.3, 0.4) is 0 Å². The van der Waals surface area contributed by atoms with Crippen molar-refractivity contribution in [3.05, 3.63) is 11.6 Å². The van der Waals surface area contributed by atoms with Gasteiger partial charge < -0.3 is 9.47 Å². The number of alkyl halides is 1. The molecule has 1 heterocycles. The van der Waals surface area contributed by atoms with E-state index in [2.05, 4.69) is 36.4 Å². The lowest BCUT2D eigenvalue weighted by Crippen LogP contribution is -2.11. The third kappa shape index (κ3) is 4.41. The van der Waals surface area contributed by atoms with Gasteiger partial charge in [0, 0.05) is 11.4 Å². The predicted molar refractivity (Wildman–Crippen MR) is 71.8 cm³/mol. The fraction of sp³-hybridized carbons (Fsp3) is 0.750. The van der Waals surface area contributed by atoms with E-state index >= 15 is 0 Å². The largest absolute Gasteiger partial charge is 0.462 e. The molecule has 3 nitrogen and oxygen atoms in total. The number of epoxide rings is 1. The van der Waals surface area contributed by atoms with Gasteiger partial charge in [-0.15, -0.1) is 0 Å². The van der Waals surface area contributed by atoms with Crippen molar-refractivity contribution in [2.24, 2.45) is 0 Å². The van der Waals surface area contributed by atoms with Gasteiger partial charge in [0.2, 0.25) is 0 Å². The maximum absolute atomic E-state index is 10.6. The smallest absolute Gasteiger partial charge is 0.302 e. The van der Waals surface area contributed by atoms with Gasteiger partial charge in [-0.2, -0.15) is 0 Å². The first kappa shape index (κ1) is 14.0. The lowest BCUT2D eigenvalue weighted by atomic mass is 10.0. The van der Waals surface area contributed by atoms with E-state index in [0.717, 1.165) is 17.3 Å². The van der Waals surface area contributed by atoms with E-state index in [1.54, 1.807) is 0 Å². The third-order valence-corrected chi connectivity index (χ3v) is 4.33. The second-order valence-corrected chi connectivity index (χ2v) is 5.21. The summed E-state index contributed by atoms with van der Waals surface area (Å²) in [6.45, 7) is 6.03. The number of ether oxygens (including phenoxy) is 2. The van der Waals surface area contributed by atoms with Crippen LogP contribution in [-0.4, -0.2) is 28.7 Å². The van der Waals surface area contributed by atoms with Crippen LogP contribution in [0.4, 0.5) is 0 Å². The van der Waals surface area contributed by atoms with Crippen molar-refractivity contribution in [2.45, 2.75) is 45.3 Å². The molecule has 0 aromatic heterocycles. The van der Waals surface area contributed by atoms with Crippen molar-refractivity contribution < 1.29 is 14.3 Å². The molecule has 1 aliphatic heterocycles. The Hall–Kier alpha value is -0.100. The fourth-order valence-electron chi connectivity index (χ4n) is 1.53. The number of carbonyl (C=O) groups is 1. The maximum Gasteiger partial charge on any atom is 0.302 e. The lowest BCUT2D eigenvalue weighted by Gasteiger charge is -2.02. The number of allylic oxidation sites excluding steroid dienone is 1. The predicted octanol–water partition coefficient (Wildman–Crippen LogP) is 2.87. The Kier molecular flexibility index (Phi) is 5.24. The van der Waals surface area contributed by atoms with Crippen LogP contribution >= 0.6 is 22.6 Å². The van der Waals surface area contributed by atoms with Gasteiger partial charge in [-0.05, 0) is 32.8 Å². The van der Waals surface area contributed by atoms with Gasteiger partial charge in [0.1, 0.15) is 12.2 Å². The molecule has 0 aliphatic carbocycles. The first-order chi connectivity index (χ1) is 7.48. The number of hydrogen-bond donors (Lipinski definition) is 0. The molecule has 92 valence electrons. The van der Waals surface area contributed by atoms with Crippen LogP contribution in [0.1, 0.15) is 33.6 Å². The summed E-state index contributed by atoms with van der Waals surface area (Å²) in [6, 6.07) is 0. The van der Waals surface area contributed by atoms with Gasteiger partial charge in [0.05, 0.1) is 6.10 Å². The van der Waals surface area contributed by atoms with Crippen LogP contribution in [0.25, 0.3) is 0 Å². The van der Waals surface area contributed by atoms with Crippen molar-refractivity contribution >= 4 is 28.6 Å². The van der Waals surface area contributed by atoms with E-state index in [1.165, 1.54) is 12.5 Å². The first-order valence-electron chi connectivity index (χ1n) is 5.50. The van der Waals surface area contributed by atoms with Crippen LogP contribution in [0.5, 0.6) is 0 Å². The van der Waals surface area contributed by atoms with Gasteiger partial charge in [-0.25, -0.2) is 0 Å². The topological polar surface area (TPSA) is 38.8 Å². The van der Waals surface area contributed by atoms with Crippen molar-refractivity contribution in [3.63, 3.8) is 0 Å². The molecular formula is C12H19IO3. The molecule has 0 bridgehead atoms. The number of halogens is 1. The van der Waals surface area contributed by atoms with Crippen LogP contribution in [0.2, 0.25) is 0 Å². The zero-order valence-electron chi connectivity index (χ0n) is 10.1. The quantitative estimate of drug-likeness (QED) is 0.246. The summed E-state index contributed by atoms with van der Waals surface area (Å²) in [5.41, 5.74) is 1.36. The highest BCUT2D eigenvalue weighted by molar-refractivity contribution is 14.1. The van der Waals surface area contributed by atoms with E-state index in [9.17, 15) is 4.79 Å². The highest BCUT2D eigenvalue weighted by Crippen LogP contribution is 2.41. The summed E-state index contributed by atoms with van der Waals surface area (Å²) in [4.78, 5) is 10.6.